The van der Waals surface area contributed by atoms with Crippen molar-refractivity contribution in [3.63, 3.8) is 0 Å². The Morgan fingerprint density at radius 1 is 0.306 bits per heavy atom. The summed E-state index contributed by atoms with van der Waals surface area (Å²) in [6.45, 7) is 4.85. The molecule has 0 amide bonds. The zero-order valence-corrected chi connectivity index (χ0v) is 50.4. The first kappa shape index (κ1) is 60.5. The van der Waals surface area contributed by atoms with E-state index in [0.29, 0.717) is 81.8 Å². The van der Waals surface area contributed by atoms with Crippen LogP contribution in [0.15, 0.2) is 218 Å². The predicted octanol–water partition coefficient (Wildman–Crippen LogP) is 7.57. The van der Waals surface area contributed by atoms with Crippen molar-refractivity contribution in [3.05, 3.63) is 252 Å². The largest absolute Gasteiger partial charge is 3.00 e. The summed E-state index contributed by atoms with van der Waals surface area (Å²) >= 11 is 0. The van der Waals surface area contributed by atoms with Crippen molar-refractivity contribution in [2.75, 3.05) is 0 Å². The van der Waals surface area contributed by atoms with Crippen LogP contribution in [0, 0.1) is 94.7 Å². The van der Waals surface area contributed by atoms with Crippen molar-refractivity contribution in [2.45, 2.75) is 20.8 Å². The number of nitriles is 3. The maximum Gasteiger partial charge on any atom is 3.00 e. The van der Waals surface area contributed by atoms with Crippen LogP contribution in [0.4, 0.5) is 0 Å². The third-order valence-corrected chi connectivity index (χ3v) is 22.7. The molecular formula is C66H45GdN9O6P3. The molecule has 19 heteroatoms. The van der Waals surface area contributed by atoms with Gasteiger partial charge in [0.1, 0.15) is 34.5 Å². The SMILES string of the molecule is Cc1nc2ccc(P(=O)(c3ccccc3)c3ccccc3)nc2c([O-])c1C#N.Cc1nc2ccc(P(=O)(c3ccccc3)c3ccccc3)nc2c([O-])c1C#N.Cc1nc2ccc(P(=O)(c3ccccc3)c3ccccc3)nc2c([O-])c1C#N.[Gd+3]. The summed E-state index contributed by atoms with van der Waals surface area (Å²) in [6.07, 6.45) is 0. The Morgan fingerprint density at radius 2 is 0.494 bits per heavy atom. The Hall–Kier alpha value is -9.12. The van der Waals surface area contributed by atoms with Gasteiger partial charge in [0.15, 0.2) is 21.4 Å². The fraction of sp³-hybridized carbons (Fsp3) is 0.0455. The Kier molecular flexibility index (Phi) is 18.4. The molecule has 0 unspecified atom stereocenters. The quantitative estimate of drug-likeness (QED) is 0.126. The average Bonchev–Trinajstić information content (AvgIpc) is 3.71. The molecule has 15 nitrogen and oxygen atoms in total. The van der Waals surface area contributed by atoms with Crippen molar-refractivity contribution in [3.8, 4) is 35.5 Å². The van der Waals surface area contributed by atoms with Crippen molar-refractivity contribution in [1.82, 2.24) is 29.9 Å². The molecule has 6 heterocycles. The molecule has 85 heavy (non-hydrogen) atoms. The number of nitrogens with zero attached hydrogens (tertiary/aromatic N) is 9. The van der Waals surface area contributed by atoms with Gasteiger partial charge < -0.3 is 29.0 Å². The van der Waals surface area contributed by atoms with Crippen molar-refractivity contribution in [1.29, 1.82) is 15.8 Å². The predicted molar refractivity (Wildman–Crippen MR) is 323 cm³/mol. The van der Waals surface area contributed by atoms with Crippen LogP contribution in [-0.2, 0) is 13.7 Å². The molecule has 1 radical (unpaired) electrons. The summed E-state index contributed by atoms with van der Waals surface area (Å²) in [7, 11) is -9.89. The molecule has 0 N–H and O–H groups in total. The molecule has 0 spiro atoms. The number of fused-ring (bicyclic) bond motifs is 3. The summed E-state index contributed by atoms with van der Waals surface area (Å²) in [4.78, 5) is 26.3. The first-order valence-electron chi connectivity index (χ1n) is 26.0. The molecule has 12 rings (SSSR count). The molecule has 6 aromatic heterocycles. The smallest absolute Gasteiger partial charge is 0.870 e. The molecule has 0 aliphatic heterocycles. The monoisotopic (exact) mass is 1310 g/mol. The first-order valence-corrected chi connectivity index (χ1v) is 31.1. The van der Waals surface area contributed by atoms with Crippen LogP contribution in [0.1, 0.15) is 33.8 Å². The van der Waals surface area contributed by atoms with Crippen LogP contribution in [0.5, 0.6) is 17.2 Å². The van der Waals surface area contributed by atoms with Gasteiger partial charge in [0.2, 0.25) is 0 Å². The second kappa shape index (κ2) is 25.8. The van der Waals surface area contributed by atoms with E-state index >= 15 is 0 Å². The number of pyridine rings is 6. The zero-order chi connectivity index (χ0) is 59.2. The summed E-state index contributed by atoms with van der Waals surface area (Å²) in [6, 6.07) is 70.2. The van der Waals surface area contributed by atoms with Crippen LogP contribution in [0.3, 0.4) is 0 Å². The molecule has 413 valence electrons. The third-order valence-electron chi connectivity index (χ3n) is 13.9. The van der Waals surface area contributed by atoms with Crippen LogP contribution < -0.4 is 63.5 Å². The molecule has 0 bridgehead atoms. The zero-order valence-electron chi connectivity index (χ0n) is 45.5. The Bertz CT molecular complexity index is 4160. The molecular weight excluding hydrogens is 1260 g/mol. The third kappa shape index (κ3) is 11.5. The molecule has 0 aliphatic carbocycles. The fourth-order valence-corrected chi connectivity index (χ4v) is 17.3. The van der Waals surface area contributed by atoms with Crippen molar-refractivity contribution < 1.29 is 69.0 Å². The summed E-state index contributed by atoms with van der Waals surface area (Å²) < 4.78 is 43.0. The second-order valence-electron chi connectivity index (χ2n) is 19.0. The summed E-state index contributed by atoms with van der Waals surface area (Å²) in [5, 5.41) is 69.7. The van der Waals surface area contributed by atoms with Gasteiger partial charge in [-0.05, 0) is 57.2 Å². The van der Waals surface area contributed by atoms with E-state index in [1.165, 1.54) is 0 Å². The minimum atomic E-state index is -3.30. The number of benzene rings is 6. The Morgan fingerprint density at radius 3 is 0.671 bits per heavy atom. The van der Waals surface area contributed by atoms with Crippen molar-refractivity contribution in [2.24, 2.45) is 0 Å². The minimum Gasteiger partial charge on any atom is -0.870 e. The molecule has 0 atom stereocenters. The normalized spacial score (nSPS) is 11.2. The molecule has 0 saturated carbocycles. The van der Waals surface area contributed by atoms with Crippen molar-refractivity contribution >= 4 is 103 Å². The van der Waals surface area contributed by atoms with E-state index in [2.05, 4.69) is 29.9 Å². The van der Waals surface area contributed by atoms with E-state index in [0.717, 1.165) is 0 Å². The Balaban J connectivity index is 0.000000152. The second-order valence-corrected chi connectivity index (χ2v) is 27.1. The Labute approximate surface area is 521 Å². The number of aromatic nitrogens is 6. The fourth-order valence-electron chi connectivity index (χ4n) is 9.64. The van der Waals surface area contributed by atoms with Gasteiger partial charge >= 0.3 is 39.9 Å². The van der Waals surface area contributed by atoms with Gasteiger partial charge in [-0.15, -0.1) is 0 Å². The average molecular weight is 1310 g/mol. The number of rotatable bonds is 9. The van der Waals surface area contributed by atoms with Crippen LogP contribution in [-0.4, -0.2) is 29.9 Å². The maximum atomic E-state index is 14.3. The molecule has 0 fully saturated rings. The summed E-state index contributed by atoms with van der Waals surface area (Å²) in [5.41, 5.74) is 3.22. The van der Waals surface area contributed by atoms with Gasteiger partial charge in [-0.3, -0.25) is 15.0 Å². The van der Waals surface area contributed by atoms with E-state index in [4.69, 9.17) is 0 Å². The van der Waals surface area contributed by atoms with Gasteiger partial charge in [0.05, 0.1) is 66.9 Å². The van der Waals surface area contributed by atoms with E-state index in [9.17, 15) is 44.8 Å². The standard InChI is InChI=1S/3C22H16N3O2P.Gd/c3*1-15-18(14-23)22(26)21-19(24-15)12-13-20(25-21)28(27,16-8-4-2-5-9-16)17-10-6-3-7-11-17;/h3*2-13H,1H3,(H,24,26);/q;;;+3/p-3. The van der Waals surface area contributed by atoms with Crippen LogP contribution in [0.25, 0.3) is 33.1 Å². The molecule has 12 aromatic rings. The first-order chi connectivity index (χ1) is 40.7. The summed E-state index contributed by atoms with van der Waals surface area (Å²) in [5.74, 6) is -1.46. The van der Waals surface area contributed by atoms with Crippen LogP contribution in [0.2, 0.25) is 0 Å². The van der Waals surface area contributed by atoms with E-state index < -0.39 is 38.7 Å². The maximum absolute atomic E-state index is 14.3. The van der Waals surface area contributed by atoms with Gasteiger partial charge in [-0.25, -0.2) is 15.0 Å². The van der Waals surface area contributed by atoms with Gasteiger partial charge in [0, 0.05) is 31.8 Å². The molecule has 0 saturated heterocycles. The number of aryl methyl sites for hydroxylation is 3. The van der Waals surface area contributed by atoms with E-state index in [1.807, 2.05) is 127 Å². The van der Waals surface area contributed by atoms with E-state index in [1.54, 1.807) is 130 Å². The van der Waals surface area contributed by atoms with Gasteiger partial charge in [0.25, 0.3) is 0 Å². The number of hydrogen-bond acceptors (Lipinski definition) is 15. The molecule has 0 aliphatic rings. The van der Waals surface area contributed by atoms with E-state index in [-0.39, 0.29) is 73.2 Å². The van der Waals surface area contributed by atoms with Gasteiger partial charge in [-0.1, -0.05) is 199 Å². The van der Waals surface area contributed by atoms with Crippen LogP contribution >= 0.6 is 21.4 Å². The van der Waals surface area contributed by atoms with Gasteiger partial charge in [-0.2, -0.15) is 15.8 Å². The topological polar surface area (TPSA) is 269 Å². The molecule has 6 aromatic carbocycles. The minimum absolute atomic E-state index is 0. The number of hydrogen-bond donors (Lipinski definition) is 0.